The molecular formula is C16H12BrN3O2S. The molecule has 7 heteroatoms. The molecule has 2 N–H and O–H groups in total. The molecule has 0 aliphatic heterocycles. The fourth-order valence-corrected chi connectivity index (χ4v) is 3.24. The van der Waals surface area contributed by atoms with Gasteiger partial charge in [-0.25, -0.2) is 4.98 Å². The van der Waals surface area contributed by atoms with Gasteiger partial charge in [-0.05, 0) is 17.5 Å². The quantitative estimate of drug-likeness (QED) is 0.529. The molecule has 0 bridgehead atoms. The van der Waals surface area contributed by atoms with E-state index in [-0.39, 0.29) is 17.2 Å². The van der Waals surface area contributed by atoms with Gasteiger partial charge in [-0.15, -0.1) is 0 Å². The highest BCUT2D eigenvalue weighted by atomic mass is 79.9. The third-order valence-electron chi connectivity index (χ3n) is 3.13. The van der Waals surface area contributed by atoms with Crippen LogP contribution >= 0.6 is 27.7 Å². The number of rotatable bonds is 4. The van der Waals surface area contributed by atoms with E-state index in [2.05, 4.69) is 31.2 Å². The molecule has 3 aromatic rings. The predicted octanol–water partition coefficient (Wildman–Crippen LogP) is 3.42. The van der Waals surface area contributed by atoms with Crippen LogP contribution in [-0.4, -0.2) is 21.6 Å². The number of H-pyrrole nitrogens is 1. The average molecular weight is 390 g/mol. The molecule has 0 fully saturated rings. The zero-order chi connectivity index (χ0) is 16.2. The summed E-state index contributed by atoms with van der Waals surface area (Å²) in [7, 11) is 0. The summed E-state index contributed by atoms with van der Waals surface area (Å²) in [4.78, 5) is 29.9. The first-order valence-electron chi connectivity index (χ1n) is 6.79. The standard InChI is InChI=1S/C16H12BrN3O2S/c17-12-5-6-13(11-4-2-1-3-10(11)12)19-15(22)9-23-16-18-8-7-14(21)20-16/h1-8H,9H2,(H,19,22)(H,18,20,21). The molecule has 1 amide bonds. The van der Waals surface area contributed by atoms with Crippen LogP contribution in [0.2, 0.25) is 0 Å². The normalized spacial score (nSPS) is 10.7. The first kappa shape index (κ1) is 15.8. The molecule has 5 nitrogen and oxygen atoms in total. The zero-order valence-corrected chi connectivity index (χ0v) is 14.3. The second kappa shape index (κ2) is 6.97. The van der Waals surface area contributed by atoms with E-state index in [9.17, 15) is 9.59 Å². The lowest BCUT2D eigenvalue weighted by Crippen LogP contribution is -2.15. The second-order valence-corrected chi connectivity index (χ2v) is 6.54. The van der Waals surface area contributed by atoms with E-state index in [1.54, 1.807) is 0 Å². The second-order valence-electron chi connectivity index (χ2n) is 4.72. The Balaban J connectivity index is 1.73. The summed E-state index contributed by atoms with van der Waals surface area (Å²) >= 11 is 4.69. The molecule has 116 valence electrons. The van der Waals surface area contributed by atoms with Crippen molar-refractivity contribution >= 4 is 50.1 Å². The van der Waals surface area contributed by atoms with E-state index >= 15 is 0 Å². The van der Waals surface area contributed by atoms with Gasteiger partial charge in [-0.2, -0.15) is 0 Å². The van der Waals surface area contributed by atoms with Crippen LogP contribution in [0, 0.1) is 0 Å². The van der Waals surface area contributed by atoms with E-state index in [4.69, 9.17) is 0 Å². The summed E-state index contributed by atoms with van der Waals surface area (Å²) < 4.78 is 0.978. The number of aromatic amines is 1. The third kappa shape index (κ3) is 3.80. The van der Waals surface area contributed by atoms with Gasteiger partial charge in [0.25, 0.3) is 5.56 Å². The van der Waals surface area contributed by atoms with Gasteiger partial charge in [-0.3, -0.25) is 9.59 Å². The van der Waals surface area contributed by atoms with E-state index in [0.717, 1.165) is 20.9 Å². The number of halogens is 1. The summed E-state index contributed by atoms with van der Waals surface area (Å²) in [6.07, 6.45) is 1.42. The maximum atomic E-state index is 12.1. The van der Waals surface area contributed by atoms with Gasteiger partial charge in [0.2, 0.25) is 5.91 Å². The van der Waals surface area contributed by atoms with Crippen LogP contribution in [0.3, 0.4) is 0 Å². The fraction of sp³-hybridized carbons (Fsp3) is 0.0625. The minimum absolute atomic E-state index is 0.158. The van der Waals surface area contributed by atoms with Crippen LogP contribution in [0.15, 0.2) is 63.1 Å². The van der Waals surface area contributed by atoms with Gasteiger partial charge in [0.15, 0.2) is 5.16 Å². The van der Waals surface area contributed by atoms with Gasteiger partial charge in [0.1, 0.15) is 0 Å². The maximum Gasteiger partial charge on any atom is 0.251 e. The van der Waals surface area contributed by atoms with Gasteiger partial charge >= 0.3 is 0 Å². The topological polar surface area (TPSA) is 74.8 Å². The molecule has 0 atom stereocenters. The average Bonchev–Trinajstić information content (AvgIpc) is 2.56. The Labute approximate surface area is 144 Å². The molecular weight excluding hydrogens is 378 g/mol. The largest absolute Gasteiger partial charge is 0.325 e. The van der Waals surface area contributed by atoms with E-state index in [1.807, 2.05) is 36.4 Å². The number of fused-ring (bicyclic) bond motifs is 1. The number of carbonyl (C=O) groups excluding carboxylic acids is 1. The number of amides is 1. The number of carbonyl (C=O) groups is 1. The highest BCUT2D eigenvalue weighted by Gasteiger charge is 2.09. The van der Waals surface area contributed by atoms with Gasteiger partial charge < -0.3 is 10.3 Å². The molecule has 0 radical (unpaired) electrons. The first-order chi connectivity index (χ1) is 11.1. The number of benzene rings is 2. The Hall–Kier alpha value is -2.12. The molecule has 2 aromatic carbocycles. The fourth-order valence-electron chi connectivity index (χ4n) is 2.12. The summed E-state index contributed by atoms with van der Waals surface area (Å²) in [5.74, 6) is 0.00568. The molecule has 0 saturated heterocycles. The van der Waals surface area contributed by atoms with E-state index in [1.165, 1.54) is 24.0 Å². The van der Waals surface area contributed by atoms with Gasteiger partial charge in [0, 0.05) is 27.8 Å². The molecule has 0 spiro atoms. The number of hydrogen-bond acceptors (Lipinski definition) is 4. The van der Waals surface area contributed by atoms with Crippen LogP contribution in [0.25, 0.3) is 10.8 Å². The number of aromatic nitrogens is 2. The number of hydrogen-bond donors (Lipinski definition) is 2. The smallest absolute Gasteiger partial charge is 0.251 e. The minimum atomic E-state index is -0.234. The Morgan fingerprint density at radius 1 is 1.17 bits per heavy atom. The van der Waals surface area contributed by atoms with Crippen molar-refractivity contribution in [1.82, 2.24) is 9.97 Å². The number of nitrogens with one attached hydrogen (secondary N) is 2. The SMILES string of the molecule is O=C(CSc1nccc(=O)[nH]1)Nc1ccc(Br)c2ccccc12. The van der Waals surface area contributed by atoms with Crippen molar-refractivity contribution in [2.24, 2.45) is 0 Å². The number of nitrogens with zero attached hydrogens (tertiary/aromatic N) is 1. The zero-order valence-electron chi connectivity index (χ0n) is 11.9. The minimum Gasteiger partial charge on any atom is -0.325 e. The summed E-state index contributed by atoms with van der Waals surface area (Å²) in [6, 6.07) is 12.9. The Morgan fingerprint density at radius 2 is 1.96 bits per heavy atom. The lowest BCUT2D eigenvalue weighted by Gasteiger charge is -2.09. The third-order valence-corrected chi connectivity index (χ3v) is 4.71. The van der Waals surface area contributed by atoms with E-state index in [0.29, 0.717) is 5.16 Å². The van der Waals surface area contributed by atoms with Crippen LogP contribution in [0.5, 0.6) is 0 Å². The van der Waals surface area contributed by atoms with Crippen LogP contribution in [0.4, 0.5) is 5.69 Å². The monoisotopic (exact) mass is 389 g/mol. The Bertz CT molecular complexity index is 926. The lowest BCUT2D eigenvalue weighted by molar-refractivity contribution is -0.113. The highest BCUT2D eigenvalue weighted by molar-refractivity contribution is 9.10. The number of anilines is 1. The van der Waals surface area contributed by atoms with Gasteiger partial charge in [0.05, 0.1) is 5.75 Å². The summed E-state index contributed by atoms with van der Waals surface area (Å²) in [5.41, 5.74) is 0.519. The summed E-state index contributed by atoms with van der Waals surface area (Å²) in [6.45, 7) is 0. The van der Waals surface area contributed by atoms with Crippen molar-refractivity contribution in [2.45, 2.75) is 5.16 Å². The molecule has 0 aliphatic rings. The van der Waals surface area contributed by atoms with Crippen molar-refractivity contribution in [1.29, 1.82) is 0 Å². The van der Waals surface area contributed by atoms with Crippen LogP contribution in [0.1, 0.15) is 0 Å². The summed E-state index contributed by atoms with van der Waals surface area (Å²) in [5, 5.41) is 5.32. The molecule has 0 saturated carbocycles. The van der Waals surface area contributed by atoms with Crippen LogP contribution in [-0.2, 0) is 4.79 Å². The Kier molecular flexibility index (Phi) is 4.78. The van der Waals surface area contributed by atoms with Crippen molar-refractivity contribution in [3.05, 3.63) is 63.5 Å². The van der Waals surface area contributed by atoms with Crippen molar-refractivity contribution < 1.29 is 4.79 Å². The molecule has 23 heavy (non-hydrogen) atoms. The van der Waals surface area contributed by atoms with Crippen molar-refractivity contribution in [2.75, 3.05) is 11.1 Å². The first-order valence-corrected chi connectivity index (χ1v) is 8.56. The molecule has 3 rings (SSSR count). The Morgan fingerprint density at radius 3 is 2.74 bits per heavy atom. The van der Waals surface area contributed by atoms with Crippen molar-refractivity contribution in [3.63, 3.8) is 0 Å². The molecule has 1 heterocycles. The van der Waals surface area contributed by atoms with Crippen molar-refractivity contribution in [3.8, 4) is 0 Å². The van der Waals surface area contributed by atoms with E-state index < -0.39 is 0 Å². The maximum absolute atomic E-state index is 12.1. The number of thioether (sulfide) groups is 1. The van der Waals surface area contributed by atoms with Crippen LogP contribution < -0.4 is 10.9 Å². The molecule has 1 aromatic heterocycles. The molecule has 0 unspecified atom stereocenters. The molecule has 0 aliphatic carbocycles. The van der Waals surface area contributed by atoms with Gasteiger partial charge in [-0.1, -0.05) is 52.0 Å². The lowest BCUT2D eigenvalue weighted by atomic mass is 10.1. The highest BCUT2D eigenvalue weighted by Crippen LogP contribution is 2.30. The predicted molar refractivity (Wildman–Crippen MR) is 95.9 cm³/mol.